The number of nitrogens with one attached hydrogen (secondary N) is 1. The third-order valence-corrected chi connectivity index (χ3v) is 4.08. The Kier molecular flexibility index (Phi) is 4.35. The van der Waals surface area contributed by atoms with Gasteiger partial charge in [-0.25, -0.2) is 4.79 Å². The van der Waals surface area contributed by atoms with E-state index in [0.29, 0.717) is 5.69 Å². The van der Waals surface area contributed by atoms with Gasteiger partial charge in [0.25, 0.3) is 0 Å². The molecule has 6 heteroatoms. The van der Waals surface area contributed by atoms with E-state index < -0.39 is 5.97 Å². The topological polar surface area (TPSA) is 95.7 Å². The molecule has 0 unspecified atom stereocenters. The highest BCUT2D eigenvalue weighted by Crippen LogP contribution is 2.29. The lowest BCUT2D eigenvalue weighted by Gasteiger charge is -2.33. The van der Waals surface area contributed by atoms with Crippen LogP contribution in [0.5, 0.6) is 0 Å². The number of carbonyl (C=O) groups is 2. The molecule has 1 fully saturated rings. The van der Waals surface area contributed by atoms with Crippen molar-refractivity contribution < 1.29 is 14.7 Å². The van der Waals surface area contributed by atoms with Crippen molar-refractivity contribution in [2.45, 2.75) is 19.8 Å². The standard InChI is InChI=1S/C15H21N3O3/c1-9-7-11(8-12(13(9)16)15(20)21)18-5-3-10(4-6-18)14(19)17-2/h7-8,10H,3-6,16H2,1-2H3,(H,17,19)(H,20,21). The molecular formula is C15H21N3O3. The van der Waals surface area contributed by atoms with Crippen molar-refractivity contribution in [3.8, 4) is 0 Å². The SMILES string of the molecule is CNC(=O)C1CCN(c2cc(C)c(N)c(C(=O)O)c2)CC1. The number of hydrogen-bond acceptors (Lipinski definition) is 4. The summed E-state index contributed by atoms with van der Waals surface area (Å²) in [6.45, 7) is 3.28. The number of nitrogens with two attached hydrogens (primary N) is 1. The summed E-state index contributed by atoms with van der Waals surface area (Å²) in [4.78, 5) is 25.0. The molecule has 2 rings (SSSR count). The van der Waals surface area contributed by atoms with Crippen LogP contribution in [-0.4, -0.2) is 37.1 Å². The molecule has 0 bridgehead atoms. The van der Waals surface area contributed by atoms with Crippen molar-refractivity contribution in [2.75, 3.05) is 30.8 Å². The van der Waals surface area contributed by atoms with Gasteiger partial charge in [-0.15, -0.1) is 0 Å². The molecule has 6 nitrogen and oxygen atoms in total. The largest absolute Gasteiger partial charge is 0.478 e. The normalized spacial score (nSPS) is 15.8. The minimum atomic E-state index is -1.02. The average molecular weight is 291 g/mol. The number of carboxylic acid groups (broad SMARTS) is 1. The van der Waals surface area contributed by atoms with E-state index in [2.05, 4.69) is 10.2 Å². The van der Waals surface area contributed by atoms with Crippen LogP contribution in [-0.2, 0) is 4.79 Å². The van der Waals surface area contributed by atoms with Gasteiger partial charge in [-0.2, -0.15) is 0 Å². The van der Waals surface area contributed by atoms with Crippen LogP contribution >= 0.6 is 0 Å². The first kappa shape index (κ1) is 15.2. The number of nitrogen functional groups attached to an aromatic ring is 1. The molecule has 4 N–H and O–H groups in total. The molecule has 1 aromatic carbocycles. The summed E-state index contributed by atoms with van der Waals surface area (Å²) in [5, 5.41) is 11.9. The van der Waals surface area contributed by atoms with Crippen LogP contribution in [0.1, 0.15) is 28.8 Å². The number of piperidine rings is 1. The second-order valence-corrected chi connectivity index (χ2v) is 5.40. The second-order valence-electron chi connectivity index (χ2n) is 5.40. The van der Waals surface area contributed by atoms with Crippen molar-refractivity contribution >= 4 is 23.3 Å². The Bertz CT molecular complexity index is 564. The summed E-state index contributed by atoms with van der Waals surface area (Å²) in [5.41, 5.74) is 7.88. The van der Waals surface area contributed by atoms with E-state index in [-0.39, 0.29) is 17.4 Å². The number of aromatic carboxylic acids is 1. The Morgan fingerprint density at radius 1 is 1.33 bits per heavy atom. The van der Waals surface area contributed by atoms with Gasteiger partial charge in [-0.05, 0) is 37.5 Å². The Morgan fingerprint density at radius 2 is 1.95 bits per heavy atom. The van der Waals surface area contributed by atoms with Crippen LogP contribution in [0, 0.1) is 12.8 Å². The minimum absolute atomic E-state index is 0.0417. The predicted octanol–water partition coefficient (Wildman–Crippen LogP) is 1.24. The summed E-state index contributed by atoms with van der Waals surface area (Å²) in [6.07, 6.45) is 1.54. The zero-order chi connectivity index (χ0) is 15.6. The number of rotatable bonds is 3. The maximum atomic E-state index is 11.6. The molecule has 1 heterocycles. The fraction of sp³-hybridized carbons (Fsp3) is 0.467. The van der Waals surface area contributed by atoms with Gasteiger partial charge in [-0.3, -0.25) is 4.79 Å². The van der Waals surface area contributed by atoms with Crippen LogP contribution in [0.15, 0.2) is 12.1 Å². The molecule has 0 saturated carbocycles. The average Bonchev–Trinajstić information content (AvgIpc) is 2.49. The number of hydrogen-bond donors (Lipinski definition) is 3. The van der Waals surface area contributed by atoms with Crippen LogP contribution in [0.4, 0.5) is 11.4 Å². The molecule has 1 aromatic rings. The zero-order valence-corrected chi connectivity index (χ0v) is 12.3. The van der Waals surface area contributed by atoms with Gasteiger partial charge in [-0.1, -0.05) is 0 Å². The van der Waals surface area contributed by atoms with Gasteiger partial charge in [0, 0.05) is 37.4 Å². The highest BCUT2D eigenvalue weighted by atomic mass is 16.4. The molecule has 0 atom stereocenters. The molecule has 1 aliphatic rings. The van der Waals surface area contributed by atoms with E-state index in [1.165, 1.54) is 0 Å². The number of anilines is 2. The van der Waals surface area contributed by atoms with Crippen molar-refractivity contribution in [1.82, 2.24) is 5.32 Å². The number of benzene rings is 1. The monoisotopic (exact) mass is 291 g/mol. The minimum Gasteiger partial charge on any atom is -0.478 e. The summed E-state index contributed by atoms with van der Waals surface area (Å²) in [6, 6.07) is 3.52. The van der Waals surface area contributed by atoms with Gasteiger partial charge in [0.05, 0.1) is 5.56 Å². The molecule has 0 spiro atoms. The lowest BCUT2D eigenvalue weighted by atomic mass is 9.95. The molecule has 1 aliphatic heterocycles. The second kappa shape index (κ2) is 6.03. The Morgan fingerprint density at radius 3 is 2.48 bits per heavy atom. The quantitative estimate of drug-likeness (QED) is 0.728. The maximum Gasteiger partial charge on any atom is 0.337 e. The third-order valence-electron chi connectivity index (χ3n) is 4.08. The summed E-state index contributed by atoms with van der Waals surface area (Å²) in [5.74, 6) is -0.896. The van der Waals surface area contributed by atoms with Gasteiger partial charge in [0.2, 0.25) is 5.91 Å². The van der Waals surface area contributed by atoms with E-state index in [1.54, 1.807) is 13.1 Å². The summed E-state index contributed by atoms with van der Waals surface area (Å²) in [7, 11) is 1.65. The van der Waals surface area contributed by atoms with Crippen LogP contribution in [0.3, 0.4) is 0 Å². The van der Waals surface area contributed by atoms with Gasteiger partial charge < -0.3 is 21.1 Å². The molecule has 0 aliphatic carbocycles. The van der Waals surface area contributed by atoms with E-state index in [4.69, 9.17) is 5.73 Å². The fourth-order valence-electron chi connectivity index (χ4n) is 2.74. The number of nitrogens with zero attached hydrogens (tertiary/aromatic N) is 1. The van der Waals surface area contributed by atoms with E-state index in [9.17, 15) is 14.7 Å². The number of aryl methyl sites for hydroxylation is 1. The fourth-order valence-corrected chi connectivity index (χ4v) is 2.74. The first-order valence-electron chi connectivity index (χ1n) is 7.04. The molecule has 114 valence electrons. The Labute approximate surface area is 123 Å². The highest BCUT2D eigenvalue weighted by Gasteiger charge is 2.25. The number of carboxylic acids is 1. The van der Waals surface area contributed by atoms with Crippen molar-refractivity contribution in [3.05, 3.63) is 23.3 Å². The summed E-state index contributed by atoms with van der Waals surface area (Å²) >= 11 is 0. The molecular weight excluding hydrogens is 270 g/mol. The molecule has 0 aromatic heterocycles. The predicted molar refractivity (Wildman–Crippen MR) is 81.6 cm³/mol. The van der Waals surface area contributed by atoms with Crippen molar-refractivity contribution in [1.29, 1.82) is 0 Å². The van der Waals surface area contributed by atoms with Crippen LogP contribution < -0.4 is 16.0 Å². The molecule has 0 radical (unpaired) electrons. The van der Waals surface area contributed by atoms with Crippen molar-refractivity contribution in [3.63, 3.8) is 0 Å². The van der Waals surface area contributed by atoms with Crippen molar-refractivity contribution in [2.24, 2.45) is 5.92 Å². The lowest BCUT2D eigenvalue weighted by Crippen LogP contribution is -2.39. The number of carbonyl (C=O) groups excluding carboxylic acids is 1. The van der Waals surface area contributed by atoms with Gasteiger partial charge >= 0.3 is 5.97 Å². The zero-order valence-electron chi connectivity index (χ0n) is 12.3. The molecule has 1 saturated heterocycles. The summed E-state index contributed by atoms with van der Waals surface area (Å²) < 4.78 is 0. The first-order chi connectivity index (χ1) is 9.93. The molecule has 21 heavy (non-hydrogen) atoms. The maximum absolute atomic E-state index is 11.6. The number of amides is 1. The smallest absolute Gasteiger partial charge is 0.337 e. The van der Waals surface area contributed by atoms with E-state index >= 15 is 0 Å². The van der Waals surface area contributed by atoms with Gasteiger partial charge in [0.1, 0.15) is 0 Å². The first-order valence-corrected chi connectivity index (χ1v) is 7.04. The van der Waals surface area contributed by atoms with Crippen LogP contribution in [0.25, 0.3) is 0 Å². The Hall–Kier alpha value is -2.24. The Balaban J connectivity index is 2.17. The third kappa shape index (κ3) is 3.09. The van der Waals surface area contributed by atoms with Gasteiger partial charge in [0.15, 0.2) is 0 Å². The van der Waals surface area contributed by atoms with Crippen LogP contribution in [0.2, 0.25) is 0 Å². The van der Waals surface area contributed by atoms with E-state index in [0.717, 1.165) is 37.2 Å². The highest BCUT2D eigenvalue weighted by molar-refractivity contribution is 5.95. The lowest BCUT2D eigenvalue weighted by molar-refractivity contribution is -0.125. The molecule has 1 amide bonds. The van der Waals surface area contributed by atoms with E-state index in [1.807, 2.05) is 13.0 Å².